The van der Waals surface area contributed by atoms with Gasteiger partial charge in [0.05, 0.1) is 16.4 Å². The molecule has 2 atom stereocenters. The summed E-state index contributed by atoms with van der Waals surface area (Å²) in [4.78, 5) is 38.0. The topological polar surface area (TPSA) is 137 Å². The van der Waals surface area contributed by atoms with Gasteiger partial charge in [0.1, 0.15) is 17.6 Å². The van der Waals surface area contributed by atoms with Gasteiger partial charge in [0, 0.05) is 5.69 Å². The fraction of sp³-hybridized carbons (Fsp3) is 0.0690. The van der Waals surface area contributed by atoms with Gasteiger partial charge in [-0.3, -0.25) is 18.6 Å². The molecule has 4 aromatic rings. The molecule has 0 radical (unpaired) electrons. The second kappa shape index (κ2) is 13.5. The Morgan fingerprint density at radius 3 is 1.98 bits per heavy atom. The molecule has 11 heteroatoms. The summed E-state index contributed by atoms with van der Waals surface area (Å²) in [5.74, 6) is -2.42. The highest BCUT2D eigenvalue weighted by Crippen LogP contribution is 2.29. The number of para-hydroxylation sites is 2. The van der Waals surface area contributed by atoms with E-state index < -0.39 is 34.1 Å². The number of hydrogen-bond acceptors (Lipinski definition) is 6. The van der Waals surface area contributed by atoms with E-state index >= 15 is 0 Å². The van der Waals surface area contributed by atoms with E-state index in [0.29, 0.717) is 12.4 Å². The van der Waals surface area contributed by atoms with Gasteiger partial charge in [0.2, 0.25) is 5.91 Å². The molecule has 40 heavy (non-hydrogen) atoms. The normalized spacial score (nSPS) is 12.1. The molecule has 204 valence electrons. The number of hydrogen-bond donors (Lipinski definition) is 3. The summed E-state index contributed by atoms with van der Waals surface area (Å²) in [5.41, 5.74) is 1.72. The highest BCUT2D eigenvalue weighted by Gasteiger charge is 2.23. The molecule has 0 aliphatic carbocycles. The lowest BCUT2D eigenvalue weighted by atomic mass is 10.1. The molecule has 4 rings (SSSR count). The summed E-state index contributed by atoms with van der Waals surface area (Å²) >= 11 is 3.53. The Bertz CT molecular complexity index is 1540. The van der Waals surface area contributed by atoms with Crippen molar-refractivity contribution in [2.75, 3.05) is 16.0 Å². The molecule has 3 N–H and O–H groups in total. The van der Waals surface area contributed by atoms with E-state index in [4.69, 9.17) is 16.3 Å². The van der Waals surface area contributed by atoms with E-state index in [2.05, 4.69) is 16.0 Å². The summed E-state index contributed by atoms with van der Waals surface area (Å²) in [6, 6.07) is 28.2. The molecule has 4 aromatic carbocycles. The van der Waals surface area contributed by atoms with Crippen molar-refractivity contribution in [3.8, 4) is 5.75 Å². The van der Waals surface area contributed by atoms with Crippen molar-refractivity contribution in [2.24, 2.45) is 0 Å². The molecule has 0 saturated heterocycles. The molecule has 0 heterocycles. The molecule has 0 spiro atoms. The minimum Gasteiger partial charge on any atom is -0.771 e. The molecular weight excluding hydrogens is 554 g/mol. The van der Waals surface area contributed by atoms with Gasteiger partial charge in [-0.15, -0.1) is 0 Å². The van der Waals surface area contributed by atoms with Crippen molar-refractivity contribution in [1.29, 1.82) is 0 Å². The van der Waals surface area contributed by atoms with Gasteiger partial charge in [-0.25, -0.2) is 0 Å². The van der Waals surface area contributed by atoms with Crippen molar-refractivity contribution in [1.82, 2.24) is 0 Å². The van der Waals surface area contributed by atoms with Crippen LogP contribution in [0, 0.1) is 0 Å². The van der Waals surface area contributed by atoms with E-state index in [1.165, 1.54) is 30.3 Å². The van der Waals surface area contributed by atoms with E-state index in [0.717, 1.165) is 5.56 Å². The third-order valence-corrected chi connectivity index (χ3v) is 6.77. The maximum atomic E-state index is 12.8. The average Bonchev–Trinajstić information content (AvgIpc) is 2.94. The number of carbonyl (C=O) groups is 3. The zero-order valence-electron chi connectivity index (χ0n) is 20.8. The number of amides is 3. The molecule has 0 aliphatic rings. The Hall–Kier alpha value is -4.51. The number of nitrogens with one attached hydrogen (secondary N) is 3. The summed E-state index contributed by atoms with van der Waals surface area (Å²) in [6.45, 7) is 0.307. The molecule has 0 aromatic heterocycles. The third kappa shape index (κ3) is 7.54. The largest absolute Gasteiger partial charge is 0.771 e. The van der Waals surface area contributed by atoms with Gasteiger partial charge in [-0.1, -0.05) is 84.4 Å². The van der Waals surface area contributed by atoms with Crippen LogP contribution in [0.1, 0.15) is 16.4 Å². The average molecular weight is 577 g/mol. The molecule has 2 unspecified atom stereocenters. The fourth-order valence-corrected chi connectivity index (χ4v) is 4.52. The lowest BCUT2D eigenvalue weighted by molar-refractivity contribution is -0.132. The number of anilines is 3. The highest BCUT2D eigenvalue weighted by molar-refractivity contribution is 7.80. The van der Waals surface area contributed by atoms with Crippen LogP contribution in [-0.2, 0) is 32.1 Å². The highest BCUT2D eigenvalue weighted by atomic mass is 35.5. The Balaban J connectivity index is 1.39. The quantitative estimate of drug-likeness (QED) is 0.188. The lowest BCUT2D eigenvalue weighted by Crippen LogP contribution is -2.30. The van der Waals surface area contributed by atoms with E-state index in [9.17, 15) is 23.1 Å². The molecule has 0 fully saturated rings. The van der Waals surface area contributed by atoms with Crippen molar-refractivity contribution in [2.45, 2.75) is 11.9 Å². The van der Waals surface area contributed by atoms with Gasteiger partial charge >= 0.3 is 11.8 Å². The minimum atomic E-state index is -2.75. The predicted octanol–water partition coefficient (Wildman–Crippen LogP) is 5.06. The first-order valence-corrected chi connectivity index (χ1v) is 13.4. The number of rotatable bonds is 9. The van der Waals surface area contributed by atoms with Crippen LogP contribution in [0.5, 0.6) is 5.75 Å². The Morgan fingerprint density at radius 2 is 1.35 bits per heavy atom. The summed E-state index contributed by atoms with van der Waals surface area (Å²) in [6.07, 6.45) is 0. The molecule has 0 saturated carbocycles. The Kier molecular flexibility index (Phi) is 9.63. The fourth-order valence-electron chi connectivity index (χ4n) is 3.68. The number of halogens is 1. The Labute approximate surface area is 237 Å². The maximum Gasteiger partial charge on any atom is 0.314 e. The summed E-state index contributed by atoms with van der Waals surface area (Å²) in [5, 5.41) is 6.17. The van der Waals surface area contributed by atoms with Gasteiger partial charge < -0.3 is 25.2 Å². The zero-order chi connectivity index (χ0) is 28.5. The monoisotopic (exact) mass is 576 g/mol. The molecule has 0 aliphatic heterocycles. The Morgan fingerprint density at radius 1 is 0.775 bits per heavy atom. The lowest BCUT2D eigenvalue weighted by Gasteiger charge is -2.20. The van der Waals surface area contributed by atoms with Crippen molar-refractivity contribution < 1.29 is 27.9 Å². The number of benzene rings is 4. The van der Waals surface area contributed by atoms with Crippen molar-refractivity contribution >= 4 is 57.5 Å². The van der Waals surface area contributed by atoms with Crippen LogP contribution in [-0.4, -0.2) is 26.5 Å². The molecule has 9 nitrogen and oxygen atoms in total. The maximum absolute atomic E-state index is 12.8. The molecular formula is C29H23ClN3O6S-. The first-order valence-electron chi connectivity index (χ1n) is 11.9. The summed E-state index contributed by atoms with van der Waals surface area (Å²) < 4.78 is 29.3. The standard InChI is InChI=1S/C29H24ClN3O6S/c30-22-17-21(15-16-25(22)39-18-19-9-3-1-4-10-19)31-28(35)29(36)33-24-14-8-7-13-23(24)32-27(34)26(40(37)38)20-11-5-2-6-12-20/h1-17,26H,18H2,(H,31,35)(H,32,34)(H,33,36)(H,37,38)/p-1. The van der Waals surface area contributed by atoms with Crippen LogP contribution in [0.3, 0.4) is 0 Å². The minimum absolute atomic E-state index is 0.0992. The van der Waals surface area contributed by atoms with Crippen LogP contribution >= 0.6 is 11.6 Å². The first kappa shape index (κ1) is 28.5. The smallest absolute Gasteiger partial charge is 0.314 e. The van der Waals surface area contributed by atoms with Gasteiger partial charge in [-0.2, -0.15) is 0 Å². The zero-order valence-corrected chi connectivity index (χ0v) is 22.4. The van der Waals surface area contributed by atoms with Crippen LogP contribution in [0.2, 0.25) is 5.02 Å². The van der Waals surface area contributed by atoms with Gasteiger partial charge in [0.15, 0.2) is 0 Å². The molecule has 3 amide bonds. The third-order valence-electron chi connectivity index (χ3n) is 5.60. The van der Waals surface area contributed by atoms with E-state index in [-0.39, 0.29) is 27.6 Å². The number of carbonyl (C=O) groups excluding carboxylic acids is 3. The number of ether oxygens (including phenoxy) is 1. The second-order valence-electron chi connectivity index (χ2n) is 8.41. The first-order chi connectivity index (χ1) is 19.3. The van der Waals surface area contributed by atoms with Crippen molar-refractivity contribution in [3.63, 3.8) is 0 Å². The van der Waals surface area contributed by atoms with Crippen LogP contribution < -0.4 is 20.7 Å². The SMILES string of the molecule is O=C(Nc1ccc(OCc2ccccc2)c(Cl)c1)C(=O)Nc1ccccc1NC(=O)C(c1ccccc1)S(=O)[O-]. The van der Waals surface area contributed by atoms with Gasteiger partial charge in [-0.05, 0) is 52.5 Å². The van der Waals surface area contributed by atoms with Gasteiger partial charge in [0.25, 0.3) is 0 Å². The van der Waals surface area contributed by atoms with Crippen molar-refractivity contribution in [3.05, 3.63) is 119 Å². The van der Waals surface area contributed by atoms with Crippen LogP contribution in [0.15, 0.2) is 103 Å². The van der Waals surface area contributed by atoms with E-state index in [1.54, 1.807) is 42.5 Å². The summed E-state index contributed by atoms with van der Waals surface area (Å²) in [7, 11) is 0. The predicted molar refractivity (Wildman–Crippen MR) is 153 cm³/mol. The second-order valence-corrected chi connectivity index (χ2v) is 9.81. The van der Waals surface area contributed by atoms with Crippen LogP contribution in [0.4, 0.5) is 17.1 Å². The molecule has 0 bridgehead atoms. The van der Waals surface area contributed by atoms with Crippen LogP contribution in [0.25, 0.3) is 0 Å². The van der Waals surface area contributed by atoms with E-state index in [1.807, 2.05) is 30.3 Å².